The highest BCUT2D eigenvalue weighted by Crippen LogP contribution is 2.36. The Morgan fingerprint density at radius 3 is 2.47 bits per heavy atom. The van der Waals surface area contributed by atoms with Crippen LogP contribution in [0.25, 0.3) is 0 Å². The summed E-state index contributed by atoms with van der Waals surface area (Å²) in [5.41, 5.74) is -0.305. The minimum absolute atomic E-state index is 0.0647. The van der Waals surface area contributed by atoms with Gasteiger partial charge in [0.25, 0.3) is 0 Å². The summed E-state index contributed by atoms with van der Waals surface area (Å²) in [7, 11) is 0. The lowest BCUT2D eigenvalue weighted by molar-refractivity contribution is -0.145. The number of hydrogen-bond acceptors (Lipinski definition) is 5. The summed E-state index contributed by atoms with van der Waals surface area (Å²) in [6.07, 6.45) is -0.698. The van der Waals surface area contributed by atoms with E-state index in [1.807, 2.05) is 0 Å². The molecule has 0 bridgehead atoms. The van der Waals surface area contributed by atoms with Crippen LogP contribution < -0.4 is 0 Å². The first-order chi connectivity index (χ1) is 8.91. The van der Waals surface area contributed by atoms with E-state index in [9.17, 15) is 9.59 Å². The molecule has 0 spiro atoms. The highest BCUT2D eigenvalue weighted by molar-refractivity contribution is 6.52. The van der Waals surface area contributed by atoms with Crippen LogP contribution in [0.4, 0.5) is 0 Å². The zero-order valence-electron chi connectivity index (χ0n) is 9.08. The van der Waals surface area contributed by atoms with Gasteiger partial charge in [-0.2, -0.15) is 0 Å². The van der Waals surface area contributed by atoms with Crippen molar-refractivity contribution in [3.63, 3.8) is 0 Å². The van der Waals surface area contributed by atoms with Crippen LogP contribution in [0, 0.1) is 0 Å². The molecule has 0 aromatic carbocycles. The predicted molar refractivity (Wildman–Crippen MR) is 69.1 cm³/mol. The van der Waals surface area contributed by atoms with Gasteiger partial charge in [-0.05, 0) is 0 Å². The van der Waals surface area contributed by atoms with Crippen molar-refractivity contribution in [2.75, 3.05) is 6.61 Å². The molecule has 0 N–H and O–H groups in total. The van der Waals surface area contributed by atoms with Gasteiger partial charge in [0.1, 0.15) is 5.15 Å². The highest BCUT2D eigenvalue weighted by atomic mass is 35.5. The standard InChI is InChI=1S/C10H5Cl4NO4/c11-4-5(12)7(15-8(14)6(4)13)10(17)19-3-1-2-18-9(3)16/h3H,1-2H2/t3-/m0/s1. The molecule has 1 saturated heterocycles. The van der Waals surface area contributed by atoms with Gasteiger partial charge in [0, 0.05) is 6.42 Å². The van der Waals surface area contributed by atoms with E-state index in [0.717, 1.165) is 0 Å². The molecule has 1 aromatic heterocycles. The third kappa shape index (κ3) is 2.89. The first kappa shape index (κ1) is 14.7. The van der Waals surface area contributed by atoms with Gasteiger partial charge >= 0.3 is 11.9 Å². The number of pyridine rings is 1. The maximum absolute atomic E-state index is 11.8. The minimum atomic E-state index is -0.974. The lowest BCUT2D eigenvalue weighted by Gasteiger charge is -2.10. The van der Waals surface area contributed by atoms with Gasteiger partial charge in [0.2, 0.25) is 6.10 Å². The molecule has 0 amide bonds. The molecule has 1 aliphatic rings. The zero-order valence-corrected chi connectivity index (χ0v) is 12.1. The van der Waals surface area contributed by atoms with E-state index in [-0.39, 0.29) is 38.9 Å². The number of esters is 2. The maximum atomic E-state index is 11.8. The summed E-state index contributed by atoms with van der Waals surface area (Å²) in [6.45, 7) is 0.195. The lowest BCUT2D eigenvalue weighted by atomic mass is 10.3. The van der Waals surface area contributed by atoms with E-state index in [1.54, 1.807) is 0 Å². The van der Waals surface area contributed by atoms with Crippen LogP contribution in [-0.2, 0) is 14.3 Å². The van der Waals surface area contributed by atoms with Crippen LogP contribution in [0.2, 0.25) is 20.2 Å². The van der Waals surface area contributed by atoms with Crippen molar-refractivity contribution in [3.8, 4) is 0 Å². The zero-order chi connectivity index (χ0) is 14.2. The molecule has 2 heterocycles. The van der Waals surface area contributed by atoms with Gasteiger partial charge < -0.3 is 9.47 Å². The van der Waals surface area contributed by atoms with Crippen LogP contribution in [-0.4, -0.2) is 29.6 Å². The lowest BCUT2D eigenvalue weighted by Crippen LogP contribution is -2.23. The second-order valence-corrected chi connectivity index (χ2v) is 5.04. The molecule has 0 saturated carbocycles. The molecule has 2 rings (SSSR count). The number of halogens is 4. The van der Waals surface area contributed by atoms with Gasteiger partial charge in [0.05, 0.1) is 21.7 Å². The largest absolute Gasteiger partial charge is 0.463 e. The van der Waals surface area contributed by atoms with E-state index in [1.165, 1.54) is 0 Å². The Balaban J connectivity index is 2.27. The molecular weight excluding hydrogens is 340 g/mol. The minimum Gasteiger partial charge on any atom is -0.463 e. The van der Waals surface area contributed by atoms with Crippen molar-refractivity contribution in [3.05, 3.63) is 25.9 Å². The summed E-state index contributed by atoms with van der Waals surface area (Å²) in [4.78, 5) is 26.7. The predicted octanol–water partition coefficient (Wildman–Crippen LogP) is 3.17. The number of ether oxygens (including phenoxy) is 2. The number of carbonyl (C=O) groups excluding carboxylic acids is 2. The first-order valence-electron chi connectivity index (χ1n) is 4.99. The molecule has 5 nitrogen and oxygen atoms in total. The van der Waals surface area contributed by atoms with Crippen LogP contribution in [0.5, 0.6) is 0 Å². The average molecular weight is 345 g/mol. The second-order valence-electron chi connectivity index (χ2n) is 3.54. The van der Waals surface area contributed by atoms with Gasteiger partial charge in [-0.15, -0.1) is 0 Å². The van der Waals surface area contributed by atoms with Crippen molar-refractivity contribution < 1.29 is 19.1 Å². The molecule has 1 fully saturated rings. The summed E-state index contributed by atoms with van der Waals surface area (Å²) < 4.78 is 9.58. The van der Waals surface area contributed by atoms with E-state index in [2.05, 4.69) is 9.72 Å². The molecule has 1 aromatic rings. The van der Waals surface area contributed by atoms with Crippen molar-refractivity contribution in [1.29, 1.82) is 0 Å². The summed E-state index contributed by atoms with van der Waals surface area (Å²) >= 11 is 23.0. The van der Waals surface area contributed by atoms with Crippen LogP contribution in [0.3, 0.4) is 0 Å². The van der Waals surface area contributed by atoms with E-state index in [4.69, 9.17) is 51.1 Å². The fourth-order valence-electron chi connectivity index (χ4n) is 1.39. The second kappa shape index (κ2) is 5.71. The van der Waals surface area contributed by atoms with Crippen LogP contribution in [0.15, 0.2) is 0 Å². The summed E-state index contributed by atoms with van der Waals surface area (Å²) in [5, 5.41) is -0.543. The number of rotatable bonds is 2. The van der Waals surface area contributed by atoms with Crippen molar-refractivity contribution >= 4 is 58.3 Å². The molecule has 9 heteroatoms. The molecule has 0 unspecified atom stereocenters. The smallest absolute Gasteiger partial charge is 0.359 e. The number of cyclic esters (lactones) is 1. The Morgan fingerprint density at radius 1 is 1.21 bits per heavy atom. The van der Waals surface area contributed by atoms with E-state index in [0.29, 0.717) is 0 Å². The molecule has 1 aliphatic heterocycles. The Labute approximate surface area is 127 Å². The third-order valence-electron chi connectivity index (χ3n) is 2.31. The fourth-order valence-corrected chi connectivity index (χ4v) is 2.20. The van der Waals surface area contributed by atoms with Crippen LogP contribution >= 0.6 is 46.4 Å². The van der Waals surface area contributed by atoms with E-state index < -0.39 is 18.0 Å². The molecule has 19 heavy (non-hydrogen) atoms. The maximum Gasteiger partial charge on any atom is 0.359 e. The molecular formula is C10H5Cl4NO4. The van der Waals surface area contributed by atoms with Crippen molar-refractivity contribution in [1.82, 2.24) is 4.98 Å². The molecule has 102 valence electrons. The van der Waals surface area contributed by atoms with Crippen molar-refractivity contribution in [2.45, 2.75) is 12.5 Å². The Kier molecular flexibility index (Phi) is 4.40. The Hall–Kier alpha value is -0.750. The summed E-state index contributed by atoms with van der Waals surface area (Å²) in [6, 6.07) is 0. The Morgan fingerprint density at radius 2 is 1.89 bits per heavy atom. The van der Waals surface area contributed by atoms with Gasteiger partial charge in [-0.3, -0.25) is 0 Å². The number of nitrogens with zero attached hydrogens (tertiary/aromatic N) is 1. The molecule has 1 atom stereocenters. The topological polar surface area (TPSA) is 65.5 Å². The third-order valence-corrected chi connectivity index (χ3v) is 3.99. The highest BCUT2D eigenvalue weighted by Gasteiger charge is 2.32. The van der Waals surface area contributed by atoms with Gasteiger partial charge in [-0.1, -0.05) is 46.4 Å². The number of aromatic nitrogens is 1. The SMILES string of the molecule is O=C(O[C@H]1CCOC1=O)c1nc(Cl)c(Cl)c(Cl)c1Cl. The average Bonchev–Trinajstić information content (AvgIpc) is 2.77. The monoisotopic (exact) mass is 343 g/mol. The normalized spacial score (nSPS) is 18.3. The Bertz CT molecular complexity index is 563. The quantitative estimate of drug-likeness (QED) is 0.609. The molecule has 0 aliphatic carbocycles. The number of hydrogen-bond donors (Lipinski definition) is 0. The van der Waals surface area contributed by atoms with Crippen LogP contribution in [0.1, 0.15) is 16.9 Å². The van der Waals surface area contributed by atoms with E-state index >= 15 is 0 Å². The van der Waals surface area contributed by atoms with Gasteiger partial charge in [-0.25, -0.2) is 14.6 Å². The molecule has 0 radical (unpaired) electrons. The first-order valence-corrected chi connectivity index (χ1v) is 6.50. The van der Waals surface area contributed by atoms with Crippen molar-refractivity contribution in [2.24, 2.45) is 0 Å². The van der Waals surface area contributed by atoms with Gasteiger partial charge in [0.15, 0.2) is 5.69 Å². The number of carbonyl (C=O) groups is 2. The summed E-state index contributed by atoms with van der Waals surface area (Å²) in [5.74, 6) is -1.54. The fraction of sp³-hybridized carbons (Fsp3) is 0.300.